The van der Waals surface area contributed by atoms with Crippen molar-refractivity contribution in [1.82, 2.24) is 5.32 Å². The molecular formula is C15H24N2O2. The third-order valence-corrected chi connectivity index (χ3v) is 2.71. The van der Waals surface area contributed by atoms with Crippen LogP contribution in [0.4, 0.5) is 0 Å². The average Bonchev–Trinajstić information content (AvgIpc) is 2.33. The number of nitrogens with one attached hydrogen (secondary N) is 1. The largest absolute Gasteiger partial charge is 0.484 e. The second-order valence-electron chi connectivity index (χ2n) is 5.84. The first-order valence-electron chi connectivity index (χ1n) is 6.54. The lowest BCUT2D eigenvalue weighted by Gasteiger charge is -2.19. The Balaban J connectivity index is 2.44. The van der Waals surface area contributed by atoms with Crippen LogP contribution in [0.3, 0.4) is 0 Å². The molecule has 1 aromatic rings. The number of hydrogen-bond donors (Lipinski definition) is 2. The van der Waals surface area contributed by atoms with Crippen LogP contribution in [-0.4, -0.2) is 25.1 Å². The van der Waals surface area contributed by atoms with Gasteiger partial charge in [0.05, 0.1) is 0 Å². The van der Waals surface area contributed by atoms with Crippen LogP contribution in [0.15, 0.2) is 24.3 Å². The van der Waals surface area contributed by atoms with E-state index in [1.807, 2.05) is 31.2 Å². The number of hydrogen-bond acceptors (Lipinski definition) is 3. The van der Waals surface area contributed by atoms with Crippen molar-refractivity contribution in [3.8, 4) is 5.75 Å². The molecule has 0 aliphatic rings. The standard InChI is InChI=1S/C15H24N2O2/c1-11(16)9-17-14(18)10-19-13-7-5-12(6-8-13)15(2,3)4/h5-8,11H,9-10,16H2,1-4H3,(H,17,18). The maximum absolute atomic E-state index is 11.5. The van der Waals surface area contributed by atoms with Crippen LogP contribution in [0.2, 0.25) is 0 Å². The summed E-state index contributed by atoms with van der Waals surface area (Å²) in [6.45, 7) is 8.79. The lowest BCUT2D eigenvalue weighted by molar-refractivity contribution is -0.123. The van der Waals surface area contributed by atoms with E-state index in [0.29, 0.717) is 12.3 Å². The lowest BCUT2D eigenvalue weighted by Crippen LogP contribution is -2.37. The van der Waals surface area contributed by atoms with Crippen LogP contribution >= 0.6 is 0 Å². The Morgan fingerprint density at radius 3 is 2.37 bits per heavy atom. The van der Waals surface area contributed by atoms with Gasteiger partial charge in [-0.05, 0) is 30.0 Å². The number of carbonyl (C=O) groups is 1. The quantitative estimate of drug-likeness (QED) is 0.852. The zero-order valence-corrected chi connectivity index (χ0v) is 12.2. The van der Waals surface area contributed by atoms with Gasteiger partial charge in [0.1, 0.15) is 5.75 Å². The van der Waals surface area contributed by atoms with E-state index >= 15 is 0 Å². The molecule has 0 radical (unpaired) electrons. The predicted molar refractivity (Wildman–Crippen MR) is 77.3 cm³/mol. The van der Waals surface area contributed by atoms with Crippen molar-refractivity contribution in [2.24, 2.45) is 5.73 Å². The molecule has 0 saturated carbocycles. The van der Waals surface area contributed by atoms with Crippen LogP contribution in [0.1, 0.15) is 33.3 Å². The minimum Gasteiger partial charge on any atom is -0.484 e. The maximum atomic E-state index is 11.5. The number of carbonyl (C=O) groups excluding carboxylic acids is 1. The van der Waals surface area contributed by atoms with Gasteiger partial charge in [-0.1, -0.05) is 32.9 Å². The Hall–Kier alpha value is -1.55. The van der Waals surface area contributed by atoms with Gasteiger partial charge in [-0.25, -0.2) is 0 Å². The van der Waals surface area contributed by atoms with E-state index in [1.165, 1.54) is 5.56 Å². The van der Waals surface area contributed by atoms with Gasteiger partial charge in [0, 0.05) is 12.6 Å². The number of benzene rings is 1. The molecule has 4 nitrogen and oxygen atoms in total. The molecule has 1 amide bonds. The number of ether oxygens (including phenoxy) is 1. The molecule has 0 saturated heterocycles. The fraction of sp³-hybridized carbons (Fsp3) is 0.533. The summed E-state index contributed by atoms with van der Waals surface area (Å²) >= 11 is 0. The summed E-state index contributed by atoms with van der Waals surface area (Å²) in [4.78, 5) is 11.5. The van der Waals surface area contributed by atoms with Crippen LogP contribution in [0, 0.1) is 0 Å². The van der Waals surface area contributed by atoms with E-state index in [0.717, 1.165) is 0 Å². The van der Waals surface area contributed by atoms with Gasteiger partial charge in [0.2, 0.25) is 0 Å². The third-order valence-electron chi connectivity index (χ3n) is 2.71. The summed E-state index contributed by atoms with van der Waals surface area (Å²) < 4.78 is 5.41. The molecule has 0 fully saturated rings. The van der Waals surface area contributed by atoms with Crippen LogP contribution < -0.4 is 15.8 Å². The highest BCUT2D eigenvalue weighted by atomic mass is 16.5. The normalized spacial score (nSPS) is 12.9. The number of rotatable bonds is 5. The van der Waals surface area contributed by atoms with Gasteiger partial charge in [-0.3, -0.25) is 4.79 Å². The molecule has 0 aliphatic heterocycles. The van der Waals surface area contributed by atoms with Crippen molar-refractivity contribution in [1.29, 1.82) is 0 Å². The molecule has 1 aromatic carbocycles. The zero-order valence-electron chi connectivity index (χ0n) is 12.2. The molecule has 1 rings (SSSR count). The first-order valence-corrected chi connectivity index (χ1v) is 6.54. The molecule has 106 valence electrons. The topological polar surface area (TPSA) is 64.3 Å². The summed E-state index contributed by atoms with van der Waals surface area (Å²) in [6, 6.07) is 7.78. The molecule has 3 N–H and O–H groups in total. The van der Waals surface area contributed by atoms with E-state index < -0.39 is 0 Å². The van der Waals surface area contributed by atoms with E-state index in [-0.39, 0.29) is 24.0 Å². The van der Waals surface area contributed by atoms with Gasteiger partial charge in [-0.2, -0.15) is 0 Å². The molecule has 0 aliphatic carbocycles. The highest BCUT2D eigenvalue weighted by molar-refractivity contribution is 5.77. The number of nitrogens with two attached hydrogens (primary N) is 1. The van der Waals surface area contributed by atoms with E-state index in [4.69, 9.17) is 10.5 Å². The summed E-state index contributed by atoms with van der Waals surface area (Å²) in [7, 11) is 0. The lowest BCUT2D eigenvalue weighted by atomic mass is 9.87. The summed E-state index contributed by atoms with van der Waals surface area (Å²) in [5, 5.41) is 2.70. The van der Waals surface area contributed by atoms with Gasteiger partial charge >= 0.3 is 0 Å². The number of amides is 1. The Labute approximate surface area is 115 Å². The summed E-state index contributed by atoms with van der Waals surface area (Å²) in [5.74, 6) is 0.543. The predicted octanol–water partition coefficient (Wildman–Crippen LogP) is 1.83. The Bertz CT molecular complexity index is 405. The van der Waals surface area contributed by atoms with Crippen LogP contribution in [-0.2, 0) is 10.2 Å². The molecule has 4 heteroatoms. The highest BCUT2D eigenvalue weighted by Gasteiger charge is 2.13. The van der Waals surface area contributed by atoms with E-state index in [2.05, 4.69) is 26.1 Å². The smallest absolute Gasteiger partial charge is 0.257 e. The third kappa shape index (κ3) is 5.75. The Morgan fingerprint density at radius 1 is 1.32 bits per heavy atom. The summed E-state index contributed by atoms with van der Waals surface area (Å²) in [6.07, 6.45) is 0. The minimum atomic E-state index is -0.155. The molecular weight excluding hydrogens is 240 g/mol. The molecule has 19 heavy (non-hydrogen) atoms. The van der Waals surface area contributed by atoms with E-state index in [1.54, 1.807) is 0 Å². The summed E-state index contributed by atoms with van der Waals surface area (Å²) in [5.41, 5.74) is 6.91. The maximum Gasteiger partial charge on any atom is 0.257 e. The molecule has 1 unspecified atom stereocenters. The van der Waals surface area contributed by atoms with Crippen molar-refractivity contribution in [2.45, 2.75) is 39.2 Å². The molecule has 1 atom stereocenters. The Kier molecular flexibility index (Phi) is 5.36. The first-order chi connectivity index (χ1) is 8.79. The highest BCUT2D eigenvalue weighted by Crippen LogP contribution is 2.24. The van der Waals surface area contributed by atoms with Crippen molar-refractivity contribution in [3.05, 3.63) is 29.8 Å². The monoisotopic (exact) mass is 264 g/mol. The minimum absolute atomic E-state index is 0.0155. The molecule has 0 aromatic heterocycles. The second-order valence-corrected chi connectivity index (χ2v) is 5.84. The van der Waals surface area contributed by atoms with Crippen molar-refractivity contribution in [3.63, 3.8) is 0 Å². The first kappa shape index (κ1) is 15.5. The molecule has 0 heterocycles. The second kappa shape index (κ2) is 6.57. The van der Waals surface area contributed by atoms with Crippen molar-refractivity contribution >= 4 is 5.91 Å². The fourth-order valence-electron chi connectivity index (χ4n) is 1.53. The molecule has 0 spiro atoms. The van der Waals surface area contributed by atoms with Crippen LogP contribution in [0.25, 0.3) is 0 Å². The zero-order chi connectivity index (χ0) is 14.5. The molecule has 0 bridgehead atoms. The van der Waals surface area contributed by atoms with Gasteiger partial charge in [0.15, 0.2) is 6.61 Å². The SMILES string of the molecule is CC(N)CNC(=O)COc1ccc(C(C)(C)C)cc1. The van der Waals surface area contributed by atoms with Crippen molar-refractivity contribution in [2.75, 3.05) is 13.2 Å². The van der Waals surface area contributed by atoms with Gasteiger partial charge < -0.3 is 15.8 Å². The van der Waals surface area contributed by atoms with Gasteiger partial charge in [0.25, 0.3) is 5.91 Å². The van der Waals surface area contributed by atoms with Gasteiger partial charge in [-0.15, -0.1) is 0 Å². The Morgan fingerprint density at radius 2 is 1.89 bits per heavy atom. The van der Waals surface area contributed by atoms with Crippen molar-refractivity contribution < 1.29 is 9.53 Å². The van der Waals surface area contributed by atoms with Crippen LogP contribution in [0.5, 0.6) is 5.75 Å². The fourth-order valence-corrected chi connectivity index (χ4v) is 1.53. The average molecular weight is 264 g/mol. The van der Waals surface area contributed by atoms with E-state index in [9.17, 15) is 4.79 Å².